The second-order valence-corrected chi connectivity index (χ2v) is 23.9. The lowest BCUT2D eigenvalue weighted by molar-refractivity contribution is 0.588. The largest absolute Gasteiger partial charge is 0.0736 e. The monoisotopic (exact) mass is 492 g/mol. The highest BCUT2D eigenvalue weighted by Gasteiger charge is 2.72. The molecule has 2 fully saturated rings. The van der Waals surface area contributed by atoms with Crippen molar-refractivity contribution in [2.24, 2.45) is 23.7 Å². The SMILES string of the molecule is C[Si](C)(C)C1=C(c2ccccc2)[C@@H]1[C@@H]1[C@@H](c2ccccc2)[C@H]1[C@H]1[C@H](c2ccccc2)[C@@H]1[Si](C)(C)C. The zero-order valence-corrected chi connectivity index (χ0v) is 24.2. The predicted octanol–water partition coefficient (Wildman–Crippen LogP) is 9.10. The molecule has 0 radical (unpaired) electrons. The molecule has 3 aliphatic carbocycles. The highest BCUT2D eigenvalue weighted by atomic mass is 28.3. The van der Waals surface area contributed by atoms with E-state index < -0.39 is 16.1 Å². The van der Waals surface area contributed by atoms with Gasteiger partial charge in [0.25, 0.3) is 0 Å². The molecule has 35 heavy (non-hydrogen) atoms. The van der Waals surface area contributed by atoms with Gasteiger partial charge in [0.15, 0.2) is 0 Å². The Balaban J connectivity index is 1.39. The maximum atomic E-state index is 2.61. The Labute approximate surface area is 214 Å². The molecule has 0 bridgehead atoms. The van der Waals surface area contributed by atoms with E-state index in [2.05, 4.69) is 130 Å². The molecule has 6 rings (SSSR count). The fourth-order valence-electron chi connectivity index (χ4n) is 7.89. The van der Waals surface area contributed by atoms with Crippen LogP contribution in [-0.4, -0.2) is 16.1 Å². The van der Waals surface area contributed by atoms with Crippen LogP contribution in [0, 0.1) is 23.7 Å². The normalized spacial score (nSPS) is 31.9. The molecule has 2 heteroatoms. The van der Waals surface area contributed by atoms with Crippen molar-refractivity contribution >= 4 is 21.7 Å². The zero-order chi connectivity index (χ0) is 24.5. The maximum absolute atomic E-state index is 2.61. The first-order valence-electron chi connectivity index (χ1n) is 13.6. The van der Waals surface area contributed by atoms with Crippen molar-refractivity contribution in [2.75, 3.05) is 0 Å². The molecule has 7 atom stereocenters. The summed E-state index contributed by atoms with van der Waals surface area (Å²) in [4.78, 5) is 0. The second-order valence-electron chi connectivity index (χ2n) is 13.4. The first-order valence-corrected chi connectivity index (χ1v) is 20.7. The quantitative estimate of drug-likeness (QED) is 0.288. The summed E-state index contributed by atoms with van der Waals surface area (Å²) in [5, 5.41) is 1.86. The number of allylic oxidation sites excluding steroid dienone is 2. The molecule has 0 heterocycles. The summed E-state index contributed by atoms with van der Waals surface area (Å²) in [6.45, 7) is 15.5. The van der Waals surface area contributed by atoms with Crippen molar-refractivity contribution in [3.05, 3.63) is 113 Å². The van der Waals surface area contributed by atoms with Crippen LogP contribution in [0.4, 0.5) is 0 Å². The van der Waals surface area contributed by atoms with Gasteiger partial charge in [-0.05, 0) is 57.4 Å². The number of rotatable bonds is 7. The van der Waals surface area contributed by atoms with Gasteiger partial charge in [-0.3, -0.25) is 0 Å². The van der Waals surface area contributed by atoms with E-state index in [4.69, 9.17) is 0 Å². The Kier molecular flexibility index (Phi) is 5.43. The highest BCUT2D eigenvalue weighted by Crippen LogP contribution is 2.80. The van der Waals surface area contributed by atoms with Gasteiger partial charge >= 0.3 is 0 Å². The lowest BCUT2D eigenvalue weighted by Gasteiger charge is -2.16. The van der Waals surface area contributed by atoms with Crippen LogP contribution in [0.2, 0.25) is 44.8 Å². The minimum absolute atomic E-state index is 0.707. The lowest BCUT2D eigenvalue weighted by Crippen LogP contribution is -2.22. The first-order chi connectivity index (χ1) is 16.7. The molecule has 0 N–H and O–H groups in total. The van der Waals surface area contributed by atoms with Gasteiger partial charge in [0.1, 0.15) is 0 Å². The van der Waals surface area contributed by atoms with Crippen LogP contribution in [0.25, 0.3) is 5.57 Å². The van der Waals surface area contributed by atoms with Gasteiger partial charge in [-0.25, -0.2) is 0 Å². The third-order valence-corrected chi connectivity index (χ3v) is 14.1. The number of benzene rings is 3. The summed E-state index contributed by atoms with van der Waals surface area (Å²) in [5.41, 5.74) is 7.30. The van der Waals surface area contributed by atoms with E-state index in [9.17, 15) is 0 Å². The Bertz CT molecular complexity index is 1220. The number of hydrogen-bond donors (Lipinski definition) is 0. The van der Waals surface area contributed by atoms with Crippen molar-refractivity contribution in [1.82, 2.24) is 0 Å². The van der Waals surface area contributed by atoms with Crippen molar-refractivity contribution in [3.63, 3.8) is 0 Å². The van der Waals surface area contributed by atoms with E-state index in [0.29, 0.717) is 11.8 Å². The highest BCUT2D eigenvalue weighted by molar-refractivity contribution is 6.86. The van der Waals surface area contributed by atoms with Gasteiger partial charge in [0, 0.05) is 14.0 Å². The van der Waals surface area contributed by atoms with E-state index in [1.165, 1.54) is 5.56 Å². The molecule has 3 aliphatic rings. The van der Waals surface area contributed by atoms with Gasteiger partial charge in [-0.2, -0.15) is 0 Å². The second kappa shape index (κ2) is 8.18. The topological polar surface area (TPSA) is 0 Å². The molecule has 0 aliphatic heterocycles. The smallest absolute Gasteiger partial charge is 0.0693 e. The Morgan fingerprint density at radius 2 is 1.00 bits per heavy atom. The van der Waals surface area contributed by atoms with E-state index in [-0.39, 0.29) is 0 Å². The van der Waals surface area contributed by atoms with Crippen molar-refractivity contribution < 1.29 is 0 Å². The standard InChI is InChI=1S/C33H40Si2/c1-34(2,3)32-26(23-18-12-8-13-19-23)30(32)28-25(22-16-10-7-11-17-22)29(28)31-27(33(31)35(4,5)6)24-20-14-9-15-21-24/h7-21,25-26,28-32H,1-6H3/t25-,26-,28+,29+,30+,31+,32-/m0/s1. The number of hydrogen-bond acceptors (Lipinski definition) is 0. The van der Waals surface area contributed by atoms with E-state index in [1.54, 1.807) is 16.7 Å². The minimum atomic E-state index is -1.38. The molecular weight excluding hydrogens is 453 g/mol. The molecule has 2 saturated carbocycles. The van der Waals surface area contributed by atoms with Crippen molar-refractivity contribution in [1.29, 1.82) is 0 Å². The Morgan fingerprint density at radius 1 is 0.514 bits per heavy atom. The van der Waals surface area contributed by atoms with Crippen LogP contribution >= 0.6 is 0 Å². The average Bonchev–Trinajstić information content (AvgIpc) is 3.72. The molecule has 0 nitrogen and oxygen atoms in total. The average molecular weight is 493 g/mol. The van der Waals surface area contributed by atoms with Crippen LogP contribution in [-0.2, 0) is 0 Å². The van der Waals surface area contributed by atoms with Gasteiger partial charge in [0.2, 0.25) is 0 Å². The van der Waals surface area contributed by atoms with Gasteiger partial charge in [-0.1, -0.05) is 135 Å². The summed E-state index contributed by atoms with van der Waals surface area (Å²) >= 11 is 0. The predicted molar refractivity (Wildman–Crippen MR) is 156 cm³/mol. The molecule has 0 amide bonds. The minimum Gasteiger partial charge on any atom is -0.0693 e. The molecule has 0 spiro atoms. The van der Waals surface area contributed by atoms with E-state index in [0.717, 1.165) is 29.2 Å². The van der Waals surface area contributed by atoms with Crippen LogP contribution < -0.4 is 0 Å². The van der Waals surface area contributed by atoms with Crippen molar-refractivity contribution in [2.45, 2.75) is 56.7 Å². The fourth-order valence-corrected chi connectivity index (χ4v) is 13.2. The summed E-state index contributed by atoms with van der Waals surface area (Å²) in [6, 6.07) is 34.4. The Hall–Kier alpha value is -2.17. The third-order valence-electron chi connectivity index (χ3n) is 9.13. The fraction of sp³-hybridized carbons (Fsp3) is 0.394. The molecule has 0 unspecified atom stereocenters. The van der Waals surface area contributed by atoms with Crippen LogP contribution in [0.3, 0.4) is 0 Å². The van der Waals surface area contributed by atoms with Crippen molar-refractivity contribution in [3.8, 4) is 0 Å². The van der Waals surface area contributed by atoms with Gasteiger partial charge in [0.05, 0.1) is 8.07 Å². The van der Waals surface area contributed by atoms with Crippen LogP contribution in [0.1, 0.15) is 28.5 Å². The van der Waals surface area contributed by atoms with Crippen LogP contribution in [0.5, 0.6) is 0 Å². The zero-order valence-electron chi connectivity index (χ0n) is 22.2. The third kappa shape index (κ3) is 4.03. The summed E-state index contributed by atoms with van der Waals surface area (Å²) in [7, 11) is -2.65. The summed E-state index contributed by atoms with van der Waals surface area (Å²) < 4.78 is 0. The van der Waals surface area contributed by atoms with Gasteiger partial charge < -0.3 is 0 Å². The molecule has 0 aromatic heterocycles. The van der Waals surface area contributed by atoms with E-state index >= 15 is 0 Å². The van der Waals surface area contributed by atoms with Crippen LogP contribution in [0.15, 0.2) is 96.2 Å². The maximum Gasteiger partial charge on any atom is 0.0736 e. The molecule has 3 aromatic carbocycles. The van der Waals surface area contributed by atoms with E-state index in [1.807, 2.05) is 5.20 Å². The molecule has 0 saturated heterocycles. The first kappa shape index (κ1) is 23.2. The lowest BCUT2D eigenvalue weighted by atomic mass is 10.0. The summed E-state index contributed by atoms with van der Waals surface area (Å²) in [5.74, 6) is 4.63. The molecule has 180 valence electrons. The molecular formula is C33H40Si2. The van der Waals surface area contributed by atoms with Gasteiger partial charge in [-0.15, -0.1) is 0 Å². The summed E-state index contributed by atoms with van der Waals surface area (Å²) in [6.07, 6.45) is 0. The Morgan fingerprint density at radius 3 is 1.49 bits per heavy atom. The molecule has 3 aromatic rings.